The molecule has 0 spiro atoms. The van der Waals surface area contributed by atoms with Gasteiger partial charge in [-0.2, -0.15) is 5.10 Å². The van der Waals surface area contributed by atoms with Crippen molar-refractivity contribution in [1.82, 2.24) is 4.57 Å². The molecule has 0 radical (unpaired) electrons. The number of nitro benzene ring substituents is 1. The van der Waals surface area contributed by atoms with E-state index in [1.807, 2.05) is 25.5 Å². The van der Waals surface area contributed by atoms with Crippen LogP contribution in [0.1, 0.15) is 13.8 Å². The van der Waals surface area contributed by atoms with Crippen molar-refractivity contribution < 1.29 is 4.92 Å². The second-order valence-corrected chi connectivity index (χ2v) is 5.01. The first-order chi connectivity index (χ1) is 8.49. The minimum Gasteiger partial charge on any atom is -0.318 e. The smallest absolute Gasteiger partial charge is 0.270 e. The van der Waals surface area contributed by atoms with E-state index < -0.39 is 4.92 Å². The molecule has 0 saturated carbocycles. The zero-order valence-electron chi connectivity index (χ0n) is 10.2. The van der Waals surface area contributed by atoms with Crippen molar-refractivity contribution in [2.45, 2.75) is 13.8 Å². The van der Waals surface area contributed by atoms with Crippen LogP contribution in [0.3, 0.4) is 0 Å². The van der Waals surface area contributed by atoms with Gasteiger partial charge < -0.3 is 4.57 Å². The molecule has 0 saturated heterocycles. The average Bonchev–Trinajstić information content (AvgIpc) is 2.63. The van der Waals surface area contributed by atoms with E-state index in [2.05, 4.69) is 10.2 Å². The van der Waals surface area contributed by atoms with E-state index in [4.69, 9.17) is 0 Å². The van der Waals surface area contributed by atoms with E-state index in [-0.39, 0.29) is 5.69 Å². The number of rotatable bonds is 2. The Morgan fingerprint density at radius 2 is 2.17 bits per heavy atom. The standard InChI is InChI=1S/C11H12N4O2S/c1-7(2)12-13-11-14(3)9-5-4-8(15(16)17)6-10(9)18-11/h4-6H,1-3H3. The summed E-state index contributed by atoms with van der Waals surface area (Å²) in [4.78, 5) is 11.0. The predicted molar refractivity (Wildman–Crippen MR) is 71.8 cm³/mol. The largest absolute Gasteiger partial charge is 0.318 e. The van der Waals surface area contributed by atoms with Crippen molar-refractivity contribution in [3.8, 4) is 0 Å². The number of hydrogen-bond donors (Lipinski definition) is 0. The van der Waals surface area contributed by atoms with Crippen molar-refractivity contribution in [1.29, 1.82) is 0 Å². The lowest BCUT2D eigenvalue weighted by atomic mass is 10.3. The van der Waals surface area contributed by atoms with Gasteiger partial charge >= 0.3 is 0 Å². The Morgan fingerprint density at radius 1 is 1.44 bits per heavy atom. The molecule has 0 atom stereocenters. The average molecular weight is 264 g/mol. The molecule has 1 heterocycles. The molecule has 2 aromatic rings. The van der Waals surface area contributed by atoms with Gasteiger partial charge in [0.25, 0.3) is 5.69 Å². The van der Waals surface area contributed by atoms with Crippen molar-refractivity contribution in [3.05, 3.63) is 33.1 Å². The molecular weight excluding hydrogens is 252 g/mol. The van der Waals surface area contributed by atoms with Gasteiger partial charge in [0, 0.05) is 24.9 Å². The SMILES string of the molecule is CC(C)=NN=c1sc2cc([N+](=O)[O-])ccc2n1C. The highest BCUT2D eigenvalue weighted by Gasteiger charge is 2.09. The summed E-state index contributed by atoms with van der Waals surface area (Å²) in [5, 5.41) is 18.8. The Kier molecular flexibility index (Phi) is 3.24. The number of aromatic nitrogens is 1. The summed E-state index contributed by atoms with van der Waals surface area (Å²) in [6.45, 7) is 3.73. The van der Waals surface area contributed by atoms with Crippen LogP contribution in [-0.2, 0) is 7.05 Å². The van der Waals surface area contributed by atoms with Gasteiger partial charge in [0.2, 0.25) is 4.80 Å². The van der Waals surface area contributed by atoms with Gasteiger partial charge in [0.1, 0.15) is 0 Å². The first-order valence-electron chi connectivity index (χ1n) is 5.28. The van der Waals surface area contributed by atoms with E-state index in [0.29, 0.717) is 4.80 Å². The number of nitrogens with zero attached hydrogens (tertiary/aromatic N) is 4. The molecule has 0 fully saturated rings. The Balaban J connectivity index is 2.66. The van der Waals surface area contributed by atoms with Gasteiger partial charge in [0.15, 0.2) is 0 Å². The van der Waals surface area contributed by atoms with Crippen LogP contribution in [0.25, 0.3) is 10.2 Å². The van der Waals surface area contributed by atoms with Crippen LogP contribution in [0.5, 0.6) is 0 Å². The Labute approximate surface area is 107 Å². The monoisotopic (exact) mass is 264 g/mol. The second-order valence-electron chi connectivity index (χ2n) is 4.00. The van der Waals surface area contributed by atoms with Gasteiger partial charge in [-0.1, -0.05) is 11.3 Å². The number of hydrogen-bond acceptors (Lipinski definition) is 5. The van der Waals surface area contributed by atoms with Gasteiger partial charge in [-0.15, -0.1) is 5.10 Å². The van der Waals surface area contributed by atoms with Crippen molar-refractivity contribution in [2.24, 2.45) is 17.3 Å². The Morgan fingerprint density at radius 3 is 2.78 bits per heavy atom. The van der Waals surface area contributed by atoms with Crippen LogP contribution in [0.15, 0.2) is 28.4 Å². The number of benzene rings is 1. The maximum absolute atomic E-state index is 10.7. The maximum atomic E-state index is 10.7. The third-order valence-electron chi connectivity index (χ3n) is 2.34. The molecule has 18 heavy (non-hydrogen) atoms. The van der Waals surface area contributed by atoms with Crippen LogP contribution in [0, 0.1) is 10.1 Å². The first kappa shape index (κ1) is 12.4. The molecule has 0 amide bonds. The molecule has 0 N–H and O–H groups in total. The van der Waals surface area contributed by atoms with E-state index >= 15 is 0 Å². The van der Waals surface area contributed by atoms with Gasteiger partial charge in [-0.05, 0) is 19.9 Å². The second kappa shape index (κ2) is 4.69. The molecule has 1 aromatic heterocycles. The fraction of sp³-hybridized carbons (Fsp3) is 0.273. The summed E-state index contributed by atoms with van der Waals surface area (Å²) in [5.74, 6) is 0. The van der Waals surface area contributed by atoms with Crippen molar-refractivity contribution in [2.75, 3.05) is 0 Å². The van der Waals surface area contributed by atoms with Gasteiger partial charge in [0.05, 0.1) is 15.1 Å². The van der Waals surface area contributed by atoms with E-state index in [1.54, 1.807) is 12.1 Å². The van der Waals surface area contributed by atoms with E-state index in [1.165, 1.54) is 17.4 Å². The van der Waals surface area contributed by atoms with Crippen LogP contribution < -0.4 is 4.80 Å². The first-order valence-corrected chi connectivity index (χ1v) is 6.09. The molecule has 94 valence electrons. The highest BCUT2D eigenvalue weighted by Crippen LogP contribution is 2.22. The number of aryl methyl sites for hydroxylation is 1. The van der Waals surface area contributed by atoms with Crippen molar-refractivity contribution in [3.63, 3.8) is 0 Å². The molecule has 0 aliphatic heterocycles. The quantitative estimate of drug-likeness (QED) is 0.474. The van der Waals surface area contributed by atoms with Crippen LogP contribution in [0.2, 0.25) is 0 Å². The van der Waals surface area contributed by atoms with Crippen LogP contribution in [0.4, 0.5) is 5.69 Å². The Hall–Kier alpha value is -2.02. The lowest BCUT2D eigenvalue weighted by molar-refractivity contribution is -0.384. The number of thiazole rings is 1. The van der Waals surface area contributed by atoms with E-state index in [9.17, 15) is 10.1 Å². The lowest BCUT2D eigenvalue weighted by Gasteiger charge is -1.94. The molecule has 0 bridgehead atoms. The summed E-state index contributed by atoms with van der Waals surface area (Å²) in [6.07, 6.45) is 0. The molecule has 2 rings (SSSR count). The lowest BCUT2D eigenvalue weighted by Crippen LogP contribution is -2.09. The molecule has 0 aliphatic carbocycles. The van der Waals surface area contributed by atoms with Gasteiger partial charge in [-0.3, -0.25) is 10.1 Å². The molecule has 6 nitrogen and oxygen atoms in total. The molecule has 0 unspecified atom stereocenters. The summed E-state index contributed by atoms with van der Waals surface area (Å²) < 4.78 is 2.70. The highest BCUT2D eigenvalue weighted by atomic mass is 32.1. The number of nitro groups is 1. The highest BCUT2D eigenvalue weighted by molar-refractivity contribution is 7.16. The summed E-state index contributed by atoms with van der Waals surface area (Å²) in [7, 11) is 1.87. The summed E-state index contributed by atoms with van der Waals surface area (Å²) in [6, 6.07) is 4.78. The van der Waals surface area contributed by atoms with Gasteiger partial charge in [-0.25, -0.2) is 0 Å². The predicted octanol–water partition coefficient (Wildman–Crippen LogP) is 2.44. The summed E-state index contributed by atoms with van der Waals surface area (Å²) >= 11 is 1.38. The topological polar surface area (TPSA) is 72.8 Å². The molecule has 7 heteroatoms. The number of non-ortho nitro benzene ring substituents is 1. The minimum absolute atomic E-state index is 0.0890. The minimum atomic E-state index is -0.398. The van der Waals surface area contributed by atoms with E-state index in [0.717, 1.165) is 15.9 Å². The third-order valence-corrected chi connectivity index (χ3v) is 3.42. The zero-order chi connectivity index (χ0) is 13.3. The fourth-order valence-electron chi connectivity index (χ4n) is 1.48. The summed E-state index contributed by atoms with van der Waals surface area (Å²) in [5.41, 5.74) is 1.86. The zero-order valence-corrected chi connectivity index (χ0v) is 11.1. The van der Waals surface area contributed by atoms with Crippen LogP contribution in [-0.4, -0.2) is 15.2 Å². The van der Waals surface area contributed by atoms with Crippen molar-refractivity contribution >= 4 is 33.0 Å². The third kappa shape index (κ3) is 2.30. The molecule has 0 aliphatic rings. The Bertz CT molecular complexity index is 707. The molecule has 1 aromatic carbocycles. The molecular formula is C11H12N4O2S. The maximum Gasteiger partial charge on any atom is 0.270 e. The number of fused-ring (bicyclic) bond motifs is 1. The fourth-order valence-corrected chi connectivity index (χ4v) is 2.48. The normalized spacial score (nSPS) is 11.8. The van der Waals surface area contributed by atoms with Crippen LogP contribution >= 0.6 is 11.3 Å².